The highest BCUT2D eigenvalue weighted by Crippen LogP contribution is 2.34. The molecule has 1 aliphatic heterocycles. The van der Waals surface area contributed by atoms with Gasteiger partial charge in [0.25, 0.3) is 0 Å². The van der Waals surface area contributed by atoms with Crippen LogP contribution in [0.4, 0.5) is 13.2 Å². The van der Waals surface area contributed by atoms with Crippen LogP contribution in [0.1, 0.15) is 40.7 Å². The minimum atomic E-state index is -4.74. The fourth-order valence-corrected chi connectivity index (χ4v) is 4.64. The fraction of sp³-hybridized carbons (Fsp3) is 0.435. The van der Waals surface area contributed by atoms with Crippen molar-refractivity contribution in [2.24, 2.45) is 0 Å². The standard InChI is InChI=1S/C23H27F3N2O5S.ClH/c1-27-34(30,31)21-15-18(14-17-10-13-32-22(17)21)19(29)7-4-5-11-28-12-9-16-6-2-3-8-20(16)33-23(24,25)26;/h2-3,6,8,14-15,27-28H,4-5,7,9-13H2,1H3;1H. The van der Waals surface area contributed by atoms with Crippen molar-refractivity contribution < 1.29 is 35.9 Å². The summed E-state index contributed by atoms with van der Waals surface area (Å²) in [4.78, 5) is 12.6. The van der Waals surface area contributed by atoms with Crippen LogP contribution in [-0.2, 0) is 22.9 Å². The lowest BCUT2D eigenvalue weighted by molar-refractivity contribution is -0.274. The van der Waals surface area contributed by atoms with Gasteiger partial charge in [0.2, 0.25) is 10.0 Å². The molecule has 0 bridgehead atoms. The van der Waals surface area contributed by atoms with Crippen LogP contribution >= 0.6 is 12.4 Å². The molecule has 35 heavy (non-hydrogen) atoms. The van der Waals surface area contributed by atoms with Gasteiger partial charge >= 0.3 is 6.36 Å². The second-order valence-corrected chi connectivity index (χ2v) is 9.66. The largest absolute Gasteiger partial charge is 0.573 e. The number of carbonyl (C=O) groups is 1. The molecule has 194 valence electrons. The van der Waals surface area contributed by atoms with E-state index in [1.807, 2.05) is 0 Å². The van der Waals surface area contributed by atoms with Crippen LogP contribution in [0.3, 0.4) is 0 Å². The number of carbonyl (C=O) groups excluding carboxylic acids is 1. The number of alkyl halides is 3. The molecule has 2 aromatic rings. The smallest absolute Gasteiger partial charge is 0.492 e. The molecule has 12 heteroatoms. The molecule has 0 saturated heterocycles. The Balaban J connectivity index is 0.00000432. The van der Waals surface area contributed by atoms with Gasteiger partial charge in [-0.1, -0.05) is 18.2 Å². The number of nitrogens with one attached hydrogen (secondary N) is 2. The predicted octanol–water partition coefficient (Wildman–Crippen LogP) is 4.04. The fourth-order valence-electron chi connectivity index (χ4n) is 3.71. The maximum absolute atomic E-state index is 12.7. The summed E-state index contributed by atoms with van der Waals surface area (Å²) in [7, 11) is -2.45. The molecule has 1 aliphatic rings. The van der Waals surface area contributed by atoms with Gasteiger partial charge in [-0.3, -0.25) is 4.79 Å². The Morgan fingerprint density at radius 2 is 1.89 bits per heavy atom. The van der Waals surface area contributed by atoms with Gasteiger partial charge in [-0.25, -0.2) is 13.1 Å². The topological polar surface area (TPSA) is 93.7 Å². The predicted molar refractivity (Wildman–Crippen MR) is 127 cm³/mol. The van der Waals surface area contributed by atoms with Crippen molar-refractivity contribution in [2.45, 2.75) is 43.4 Å². The van der Waals surface area contributed by atoms with Gasteiger partial charge in [0.05, 0.1) is 6.61 Å². The van der Waals surface area contributed by atoms with Crippen LogP contribution < -0.4 is 19.5 Å². The van der Waals surface area contributed by atoms with E-state index in [-0.39, 0.29) is 35.3 Å². The molecule has 0 amide bonds. The number of fused-ring (bicyclic) bond motifs is 1. The van der Waals surface area contributed by atoms with Gasteiger partial charge in [-0.2, -0.15) is 0 Å². The Morgan fingerprint density at radius 1 is 1.14 bits per heavy atom. The van der Waals surface area contributed by atoms with Gasteiger partial charge in [0.1, 0.15) is 16.4 Å². The molecular weight excluding hydrogens is 509 g/mol. The van der Waals surface area contributed by atoms with E-state index in [4.69, 9.17) is 4.74 Å². The lowest BCUT2D eigenvalue weighted by Crippen LogP contribution is -2.21. The molecule has 7 nitrogen and oxygen atoms in total. The molecule has 0 saturated carbocycles. The number of benzene rings is 2. The highest BCUT2D eigenvalue weighted by atomic mass is 35.5. The Hall–Kier alpha value is -2.34. The van der Waals surface area contributed by atoms with Gasteiger partial charge < -0.3 is 14.8 Å². The number of rotatable bonds is 12. The maximum Gasteiger partial charge on any atom is 0.573 e. The molecule has 2 N–H and O–H groups in total. The molecule has 1 heterocycles. The van der Waals surface area contributed by atoms with Crippen molar-refractivity contribution in [3.63, 3.8) is 0 Å². The molecule has 3 rings (SSSR count). The Labute approximate surface area is 208 Å². The third-order valence-electron chi connectivity index (χ3n) is 5.41. The molecule has 0 spiro atoms. The maximum atomic E-state index is 12.7. The lowest BCUT2D eigenvalue weighted by atomic mass is 10.0. The Bertz CT molecular complexity index is 1130. The second kappa shape index (κ2) is 12.6. The first kappa shape index (κ1) is 28.9. The highest BCUT2D eigenvalue weighted by molar-refractivity contribution is 7.89. The minimum Gasteiger partial charge on any atom is -0.492 e. The summed E-state index contributed by atoms with van der Waals surface area (Å²) in [5.74, 6) is -0.0559. The first-order valence-corrected chi connectivity index (χ1v) is 12.4. The van der Waals surface area contributed by atoms with Crippen LogP contribution in [0, 0.1) is 0 Å². The summed E-state index contributed by atoms with van der Waals surface area (Å²) in [6, 6.07) is 9.07. The zero-order valence-electron chi connectivity index (χ0n) is 19.1. The van der Waals surface area contributed by atoms with Gasteiger partial charge in [-0.15, -0.1) is 25.6 Å². The second-order valence-electron chi connectivity index (χ2n) is 7.80. The van der Waals surface area contributed by atoms with Crippen molar-refractivity contribution >= 4 is 28.2 Å². The number of hydrogen-bond acceptors (Lipinski definition) is 6. The number of unbranched alkanes of at least 4 members (excludes halogenated alkanes) is 1. The van der Waals surface area contributed by atoms with Crippen molar-refractivity contribution in [3.8, 4) is 11.5 Å². The van der Waals surface area contributed by atoms with Gasteiger partial charge in [0.15, 0.2) is 5.78 Å². The average Bonchev–Trinajstić information content (AvgIpc) is 3.26. The van der Waals surface area contributed by atoms with E-state index in [9.17, 15) is 26.4 Å². The zero-order valence-corrected chi connectivity index (χ0v) is 20.7. The summed E-state index contributed by atoms with van der Waals surface area (Å²) in [5, 5.41) is 3.16. The number of sulfonamides is 1. The molecule has 0 radical (unpaired) electrons. The number of ether oxygens (including phenoxy) is 2. The van der Waals surface area contributed by atoms with E-state index < -0.39 is 16.4 Å². The van der Waals surface area contributed by atoms with Gasteiger partial charge in [0, 0.05) is 18.4 Å². The molecular formula is C23H28ClF3N2O5S. The van der Waals surface area contributed by atoms with E-state index in [0.29, 0.717) is 67.8 Å². The van der Waals surface area contributed by atoms with Crippen LogP contribution in [0.5, 0.6) is 11.5 Å². The summed E-state index contributed by atoms with van der Waals surface area (Å²) in [6.07, 6.45) is -2.30. The molecule has 0 fully saturated rings. The molecule has 0 unspecified atom stereocenters. The van der Waals surface area contributed by atoms with Gasteiger partial charge in [-0.05, 0) is 68.7 Å². The number of halogens is 4. The Kier molecular flexibility index (Phi) is 10.4. The lowest BCUT2D eigenvalue weighted by Gasteiger charge is -2.13. The molecule has 0 atom stereocenters. The monoisotopic (exact) mass is 536 g/mol. The van der Waals surface area contributed by atoms with Crippen molar-refractivity contribution in [1.82, 2.24) is 10.0 Å². The first-order chi connectivity index (χ1) is 16.1. The van der Waals surface area contributed by atoms with E-state index in [1.165, 1.54) is 25.2 Å². The van der Waals surface area contributed by atoms with Crippen molar-refractivity contribution in [3.05, 3.63) is 53.1 Å². The molecule has 0 aliphatic carbocycles. The minimum absolute atomic E-state index is 0. The van der Waals surface area contributed by atoms with E-state index >= 15 is 0 Å². The summed E-state index contributed by atoms with van der Waals surface area (Å²) >= 11 is 0. The van der Waals surface area contributed by atoms with Crippen LogP contribution in [0.2, 0.25) is 0 Å². The van der Waals surface area contributed by atoms with E-state index in [0.717, 1.165) is 0 Å². The summed E-state index contributed by atoms with van der Waals surface area (Å²) in [5.41, 5.74) is 1.50. The summed E-state index contributed by atoms with van der Waals surface area (Å²) < 4.78 is 73.9. The quantitative estimate of drug-likeness (QED) is 0.314. The third kappa shape index (κ3) is 8.09. The van der Waals surface area contributed by atoms with Crippen LogP contribution in [-0.4, -0.2) is 47.3 Å². The molecule has 0 aromatic heterocycles. The number of Topliss-reactive ketones (excluding diaryl/α,β-unsaturated/α-hetero) is 1. The SMILES string of the molecule is CNS(=O)(=O)c1cc(C(=O)CCCCNCCc2ccccc2OC(F)(F)F)cc2c1OCC2.Cl. The average molecular weight is 537 g/mol. The van der Waals surface area contributed by atoms with E-state index in [1.54, 1.807) is 18.2 Å². The normalized spacial score (nSPS) is 13.0. The van der Waals surface area contributed by atoms with Crippen LogP contribution in [0.25, 0.3) is 0 Å². The highest BCUT2D eigenvalue weighted by Gasteiger charge is 2.32. The van der Waals surface area contributed by atoms with Crippen molar-refractivity contribution in [1.29, 1.82) is 0 Å². The number of para-hydroxylation sites is 1. The first-order valence-electron chi connectivity index (χ1n) is 10.9. The summed E-state index contributed by atoms with van der Waals surface area (Å²) in [6.45, 7) is 1.42. The van der Waals surface area contributed by atoms with E-state index in [2.05, 4.69) is 14.8 Å². The van der Waals surface area contributed by atoms with Crippen LogP contribution in [0.15, 0.2) is 41.3 Å². The zero-order chi connectivity index (χ0) is 24.8. The Morgan fingerprint density at radius 3 is 2.60 bits per heavy atom. The number of hydrogen-bond donors (Lipinski definition) is 2. The van der Waals surface area contributed by atoms with Crippen molar-refractivity contribution in [2.75, 3.05) is 26.7 Å². The molecule has 2 aromatic carbocycles. The third-order valence-corrected chi connectivity index (χ3v) is 6.83. The number of ketones is 1.